The Balaban J connectivity index is 1.75. The lowest BCUT2D eigenvalue weighted by Crippen LogP contribution is -2.41. The first-order chi connectivity index (χ1) is 8.69. The SMILES string of the molecule is NCC(NC(=O)CCc1ccc(Br)cc1)C1CC1. The van der Waals surface area contributed by atoms with E-state index in [0.29, 0.717) is 18.9 Å². The third kappa shape index (κ3) is 4.10. The second kappa shape index (κ2) is 6.34. The monoisotopic (exact) mass is 310 g/mol. The van der Waals surface area contributed by atoms with Gasteiger partial charge in [0.05, 0.1) is 0 Å². The van der Waals surface area contributed by atoms with Crippen molar-refractivity contribution < 1.29 is 4.79 Å². The molecule has 1 saturated carbocycles. The molecule has 18 heavy (non-hydrogen) atoms. The molecule has 3 nitrogen and oxygen atoms in total. The van der Waals surface area contributed by atoms with Gasteiger partial charge in [0.15, 0.2) is 0 Å². The van der Waals surface area contributed by atoms with E-state index in [1.807, 2.05) is 24.3 Å². The molecule has 98 valence electrons. The minimum atomic E-state index is 0.111. The van der Waals surface area contributed by atoms with E-state index in [1.165, 1.54) is 18.4 Å². The summed E-state index contributed by atoms with van der Waals surface area (Å²) in [6, 6.07) is 8.26. The summed E-state index contributed by atoms with van der Waals surface area (Å²) < 4.78 is 1.06. The van der Waals surface area contributed by atoms with Gasteiger partial charge >= 0.3 is 0 Å². The highest BCUT2D eigenvalue weighted by Crippen LogP contribution is 2.32. The zero-order chi connectivity index (χ0) is 13.0. The molecular formula is C14H19BrN2O. The Labute approximate surface area is 116 Å². The highest BCUT2D eigenvalue weighted by atomic mass is 79.9. The number of carbonyl (C=O) groups excluding carboxylic acids is 1. The highest BCUT2D eigenvalue weighted by Gasteiger charge is 2.30. The molecule has 1 aromatic carbocycles. The lowest BCUT2D eigenvalue weighted by atomic mass is 10.1. The molecule has 4 heteroatoms. The summed E-state index contributed by atoms with van der Waals surface area (Å²) >= 11 is 3.40. The number of benzene rings is 1. The van der Waals surface area contributed by atoms with Crippen LogP contribution in [0.2, 0.25) is 0 Å². The molecule has 0 aromatic heterocycles. The molecule has 0 radical (unpaired) electrons. The molecule has 1 amide bonds. The van der Waals surface area contributed by atoms with Gasteiger partial charge in [-0.2, -0.15) is 0 Å². The van der Waals surface area contributed by atoms with Crippen molar-refractivity contribution >= 4 is 21.8 Å². The van der Waals surface area contributed by atoms with Gasteiger partial charge in [-0.3, -0.25) is 4.79 Å². The largest absolute Gasteiger partial charge is 0.352 e. The second-order valence-corrected chi connectivity index (χ2v) is 5.79. The van der Waals surface area contributed by atoms with E-state index in [-0.39, 0.29) is 11.9 Å². The van der Waals surface area contributed by atoms with E-state index in [2.05, 4.69) is 21.2 Å². The zero-order valence-electron chi connectivity index (χ0n) is 10.4. The van der Waals surface area contributed by atoms with Gasteiger partial charge in [0.2, 0.25) is 5.91 Å². The van der Waals surface area contributed by atoms with Crippen LogP contribution >= 0.6 is 15.9 Å². The third-order valence-corrected chi connectivity index (χ3v) is 3.87. The Kier molecular flexibility index (Phi) is 4.78. The van der Waals surface area contributed by atoms with Crippen molar-refractivity contribution in [1.29, 1.82) is 0 Å². The Morgan fingerprint density at radius 1 is 1.39 bits per heavy atom. The fourth-order valence-corrected chi connectivity index (χ4v) is 2.32. The number of aryl methyl sites for hydroxylation is 1. The lowest BCUT2D eigenvalue weighted by molar-refractivity contribution is -0.121. The molecule has 2 rings (SSSR count). The average Bonchev–Trinajstić information content (AvgIpc) is 3.19. The van der Waals surface area contributed by atoms with Gasteiger partial charge in [0.1, 0.15) is 0 Å². The molecule has 0 spiro atoms. The number of carbonyl (C=O) groups is 1. The van der Waals surface area contributed by atoms with Gasteiger partial charge in [0.25, 0.3) is 0 Å². The summed E-state index contributed by atoms with van der Waals surface area (Å²) in [5.41, 5.74) is 6.85. The van der Waals surface area contributed by atoms with E-state index >= 15 is 0 Å². The van der Waals surface area contributed by atoms with Gasteiger partial charge in [-0.05, 0) is 42.9 Å². The first kappa shape index (κ1) is 13.6. The standard InChI is InChI=1S/C14H19BrN2O/c15-12-6-1-10(2-7-12)3-8-14(18)17-13(9-16)11-4-5-11/h1-2,6-7,11,13H,3-5,8-9,16H2,(H,17,18). The molecule has 0 heterocycles. The summed E-state index contributed by atoms with van der Waals surface area (Å²) in [7, 11) is 0. The fourth-order valence-electron chi connectivity index (χ4n) is 2.06. The molecule has 1 aliphatic rings. The van der Waals surface area contributed by atoms with E-state index in [0.717, 1.165) is 10.9 Å². The van der Waals surface area contributed by atoms with Crippen molar-refractivity contribution in [3.8, 4) is 0 Å². The predicted octanol–water partition coefficient (Wildman–Crippen LogP) is 2.24. The Bertz CT molecular complexity index is 401. The van der Waals surface area contributed by atoms with Crippen LogP contribution in [0.4, 0.5) is 0 Å². The summed E-state index contributed by atoms with van der Waals surface area (Å²) in [6.45, 7) is 0.550. The summed E-state index contributed by atoms with van der Waals surface area (Å²) in [4.78, 5) is 11.8. The van der Waals surface area contributed by atoms with Gasteiger partial charge in [-0.15, -0.1) is 0 Å². The second-order valence-electron chi connectivity index (χ2n) is 4.87. The predicted molar refractivity (Wildman–Crippen MR) is 76.2 cm³/mol. The van der Waals surface area contributed by atoms with Crippen LogP contribution in [0.3, 0.4) is 0 Å². The minimum Gasteiger partial charge on any atom is -0.352 e. The van der Waals surface area contributed by atoms with Crippen LogP contribution in [-0.2, 0) is 11.2 Å². The Morgan fingerprint density at radius 2 is 2.06 bits per heavy atom. The maximum atomic E-state index is 11.8. The van der Waals surface area contributed by atoms with E-state index < -0.39 is 0 Å². The molecule has 1 unspecified atom stereocenters. The van der Waals surface area contributed by atoms with Crippen molar-refractivity contribution in [2.45, 2.75) is 31.7 Å². The van der Waals surface area contributed by atoms with E-state index in [1.54, 1.807) is 0 Å². The average molecular weight is 311 g/mol. The normalized spacial score (nSPS) is 16.3. The number of rotatable bonds is 6. The van der Waals surface area contributed by atoms with Crippen molar-refractivity contribution in [2.24, 2.45) is 11.7 Å². The molecule has 1 fully saturated rings. The van der Waals surface area contributed by atoms with Crippen LogP contribution in [0, 0.1) is 5.92 Å². The molecule has 1 aromatic rings. The van der Waals surface area contributed by atoms with Crippen LogP contribution in [0.5, 0.6) is 0 Å². The van der Waals surface area contributed by atoms with Crippen LogP contribution < -0.4 is 11.1 Å². The molecule has 0 bridgehead atoms. The fraction of sp³-hybridized carbons (Fsp3) is 0.500. The molecular weight excluding hydrogens is 292 g/mol. The smallest absolute Gasteiger partial charge is 0.220 e. The number of halogens is 1. The Morgan fingerprint density at radius 3 is 2.61 bits per heavy atom. The summed E-state index contributed by atoms with van der Waals surface area (Å²) in [5.74, 6) is 0.729. The van der Waals surface area contributed by atoms with Gasteiger partial charge in [-0.25, -0.2) is 0 Å². The number of nitrogens with two attached hydrogens (primary N) is 1. The van der Waals surface area contributed by atoms with Crippen LogP contribution in [0.1, 0.15) is 24.8 Å². The van der Waals surface area contributed by atoms with Crippen molar-refractivity contribution in [1.82, 2.24) is 5.32 Å². The Hall–Kier alpha value is -0.870. The number of hydrogen-bond acceptors (Lipinski definition) is 2. The molecule has 1 atom stereocenters. The first-order valence-electron chi connectivity index (χ1n) is 6.43. The number of nitrogens with one attached hydrogen (secondary N) is 1. The van der Waals surface area contributed by atoms with Crippen molar-refractivity contribution in [3.05, 3.63) is 34.3 Å². The van der Waals surface area contributed by atoms with Crippen molar-refractivity contribution in [2.75, 3.05) is 6.54 Å². The molecule has 3 N–H and O–H groups in total. The third-order valence-electron chi connectivity index (χ3n) is 3.35. The molecule has 1 aliphatic carbocycles. The highest BCUT2D eigenvalue weighted by molar-refractivity contribution is 9.10. The van der Waals surface area contributed by atoms with Gasteiger partial charge < -0.3 is 11.1 Å². The van der Waals surface area contributed by atoms with Crippen molar-refractivity contribution in [3.63, 3.8) is 0 Å². The van der Waals surface area contributed by atoms with Gasteiger partial charge in [-0.1, -0.05) is 28.1 Å². The topological polar surface area (TPSA) is 55.1 Å². The maximum Gasteiger partial charge on any atom is 0.220 e. The van der Waals surface area contributed by atoms with Gasteiger partial charge in [0, 0.05) is 23.5 Å². The van der Waals surface area contributed by atoms with Crippen LogP contribution in [0.25, 0.3) is 0 Å². The quantitative estimate of drug-likeness (QED) is 0.846. The lowest BCUT2D eigenvalue weighted by Gasteiger charge is -2.15. The molecule has 0 aliphatic heterocycles. The first-order valence-corrected chi connectivity index (χ1v) is 7.22. The number of amides is 1. The van der Waals surface area contributed by atoms with E-state index in [9.17, 15) is 4.79 Å². The number of hydrogen-bond donors (Lipinski definition) is 2. The summed E-state index contributed by atoms with van der Waals surface area (Å²) in [6.07, 6.45) is 3.72. The summed E-state index contributed by atoms with van der Waals surface area (Å²) in [5, 5.41) is 3.04. The molecule has 0 saturated heterocycles. The van der Waals surface area contributed by atoms with E-state index in [4.69, 9.17) is 5.73 Å². The van der Waals surface area contributed by atoms with Crippen LogP contribution in [0.15, 0.2) is 28.7 Å². The van der Waals surface area contributed by atoms with Crippen LogP contribution in [-0.4, -0.2) is 18.5 Å². The minimum absolute atomic E-state index is 0.111. The zero-order valence-corrected chi connectivity index (χ0v) is 11.9. The maximum absolute atomic E-state index is 11.8.